The molecule has 0 aromatic heterocycles. The van der Waals surface area contributed by atoms with Crippen molar-refractivity contribution in [3.8, 4) is 0 Å². The van der Waals surface area contributed by atoms with E-state index in [1.165, 1.54) is 6.26 Å². The van der Waals surface area contributed by atoms with Crippen molar-refractivity contribution in [2.24, 2.45) is 5.92 Å². The van der Waals surface area contributed by atoms with Gasteiger partial charge in [0.2, 0.25) is 0 Å². The molecule has 2 unspecified atom stereocenters. The van der Waals surface area contributed by atoms with E-state index in [-0.39, 0.29) is 11.9 Å². The standard InChI is InChI=1S/C10H22O3S/c1-4-9(2)8-10(11)6-5-7-14(3,12)13/h9-11H,4-8H2,1-3H3. The van der Waals surface area contributed by atoms with Crippen LogP contribution >= 0.6 is 0 Å². The van der Waals surface area contributed by atoms with Crippen LogP contribution in [0.1, 0.15) is 39.5 Å². The molecule has 0 bridgehead atoms. The van der Waals surface area contributed by atoms with Gasteiger partial charge in [-0.2, -0.15) is 0 Å². The average Bonchev–Trinajstić information content (AvgIpc) is 2.01. The maximum absolute atomic E-state index is 10.8. The Labute approximate surface area is 87.4 Å². The van der Waals surface area contributed by atoms with E-state index in [1.54, 1.807) is 0 Å². The van der Waals surface area contributed by atoms with Crippen molar-refractivity contribution in [3.05, 3.63) is 0 Å². The molecule has 0 spiro atoms. The second-order valence-electron chi connectivity index (χ2n) is 4.18. The van der Waals surface area contributed by atoms with Gasteiger partial charge < -0.3 is 5.11 Å². The molecule has 0 aliphatic carbocycles. The zero-order valence-corrected chi connectivity index (χ0v) is 10.2. The van der Waals surface area contributed by atoms with Crippen molar-refractivity contribution >= 4 is 9.84 Å². The number of aliphatic hydroxyl groups excluding tert-OH is 1. The van der Waals surface area contributed by atoms with Crippen LogP contribution in [0.2, 0.25) is 0 Å². The fourth-order valence-electron chi connectivity index (χ4n) is 1.33. The normalized spacial score (nSPS) is 16.6. The average molecular weight is 222 g/mol. The summed E-state index contributed by atoms with van der Waals surface area (Å²) in [6.45, 7) is 4.19. The molecule has 3 nitrogen and oxygen atoms in total. The summed E-state index contributed by atoms with van der Waals surface area (Å²) in [5, 5.41) is 9.55. The quantitative estimate of drug-likeness (QED) is 0.712. The highest BCUT2D eigenvalue weighted by Crippen LogP contribution is 2.13. The van der Waals surface area contributed by atoms with Crippen molar-refractivity contribution in [1.82, 2.24) is 0 Å². The van der Waals surface area contributed by atoms with Gasteiger partial charge in [0.05, 0.1) is 6.10 Å². The van der Waals surface area contributed by atoms with Crippen molar-refractivity contribution < 1.29 is 13.5 Å². The summed E-state index contributed by atoms with van der Waals surface area (Å²) >= 11 is 0. The lowest BCUT2D eigenvalue weighted by atomic mass is 9.99. The van der Waals surface area contributed by atoms with E-state index in [4.69, 9.17) is 0 Å². The Morgan fingerprint density at radius 1 is 1.36 bits per heavy atom. The molecule has 0 saturated carbocycles. The number of hydrogen-bond acceptors (Lipinski definition) is 3. The lowest BCUT2D eigenvalue weighted by Gasteiger charge is -2.14. The summed E-state index contributed by atoms with van der Waals surface area (Å²) in [4.78, 5) is 0. The summed E-state index contributed by atoms with van der Waals surface area (Å²) in [6.07, 6.45) is 3.89. The third-order valence-corrected chi connectivity index (χ3v) is 3.45. The molecule has 0 fully saturated rings. The summed E-state index contributed by atoms with van der Waals surface area (Å²) in [5.41, 5.74) is 0. The van der Waals surface area contributed by atoms with E-state index < -0.39 is 9.84 Å². The van der Waals surface area contributed by atoms with Crippen molar-refractivity contribution in [2.45, 2.75) is 45.6 Å². The summed E-state index contributed by atoms with van der Waals surface area (Å²) in [5.74, 6) is 0.702. The van der Waals surface area contributed by atoms with Crippen LogP contribution in [-0.4, -0.2) is 31.6 Å². The second kappa shape index (κ2) is 6.40. The predicted octanol–water partition coefficient (Wildman–Crippen LogP) is 1.61. The van der Waals surface area contributed by atoms with Gasteiger partial charge in [0.25, 0.3) is 0 Å². The topological polar surface area (TPSA) is 54.4 Å². The lowest BCUT2D eigenvalue weighted by Crippen LogP contribution is -2.13. The van der Waals surface area contributed by atoms with Crippen LogP contribution in [0, 0.1) is 5.92 Å². The molecule has 0 rings (SSSR count). The molecule has 0 heterocycles. The fraction of sp³-hybridized carbons (Fsp3) is 1.00. The van der Waals surface area contributed by atoms with Gasteiger partial charge in [0.15, 0.2) is 0 Å². The van der Waals surface area contributed by atoms with E-state index in [0.29, 0.717) is 18.8 Å². The summed E-state index contributed by atoms with van der Waals surface area (Å²) in [7, 11) is -2.86. The van der Waals surface area contributed by atoms with E-state index in [9.17, 15) is 13.5 Å². The van der Waals surface area contributed by atoms with E-state index in [2.05, 4.69) is 13.8 Å². The minimum Gasteiger partial charge on any atom is -0.393 e. The predicted molar refractivity (Wildman–Crippen MR) is 59.0 cm³/mol. The van der Waals surface area contributed by atoms with Gasteiger partial charge >= 0.3 is 0 Å². The summed E-state index contributed by atoms with van der Waals surface area (Å²) in [6, 6.07) is 0. The zero-order chi connectivity index (χ0) is 11.2. The monoisotopic (exact) mass is 222 g/mol. The molecule has 0 radical (unpaired) electrons. The van der Waals surface area contributed by atoms with Crippen LogP contribution in [0.3, 0.4) is 0 Å². The third-order valence-electron chi connectivity index (χ3n) is 2.42. The van der Waals surface area contributed by atoms with Gasteiger partial charge in [-0.15, -0.1) is 0 Å². The molecule has 14 heavy (non-hydrogen) atoms. The third kappa shape index (κ3) is 8.51. The molecular formula is C10H22O3S. The highest BCUT2D eigenvalue weighted by atomic mass is 32.2. The van der Waals surface area contributed by atoms with Crippen LogP contribution in [0.15, 0.2) is 0 Å². The van der Waals surface area contributed by atoms with Crippen LogP contribution in [0.4, 0.5) is 0 Å². The number of hydrogen-bond donors (Lipinski definition) is 1. The van der Waals surface area contributed by atoms with Crippen LogP contribution in [0.5, 0.6) is 0 Å². The first-order valence-electron chi connectivity index (χ1n) is 5.21. The first kappa shape index (κ1) is 13.9. The van der Waals surface area contributed by atoms with Crippen molar-refractivity contribution in [3.63, 3.8) is 0 Å². The molecule has 86 valence electrons. The van der Waals surface area contributed by atoms with Gasteiger partial charge in [-0.3, -0.25) is 0 Å². The number of aliphatic hydroxyl groups is 1. The van der Waals surface area contributed by atoms with E-state index in [0.717, 1.165) is 12.8 Å². The minimum atomic E-state index is -2.86. The Kier molecular flexibility index (Phi) is 6.36. The molecule has 2 atom stereocenters. The Balaban J connectivity index is 3.59. The van der Waals surface area contributed by atoms with Gasteiger partial charge in [0, 0.05) is 12.0 Å². The Morgan fingerprint density at radius 2 is 1.93 bits per heavy atom. The fourth-order valence-corrected chi connectivity index (χ4v) is 2.02. The van der Waals surface area contributed by atoms with Gasteiger partial charge in [0.1, 0.15) is 9.84 Å². The van der Waals surface area contributed by atoms with Gasteiger partial charge in [-0.25, -0.2) is 8.42 Å². The lowest BCUT2D eigenvalue weighted by molar-refractivity contribution is 0.134. The molecular weight excluding hydrogens is 200 g/mol. The van der Waals surface area contributed by atoms with Gasteiger partial charge in [-0.05, 0) is 25.2 Å². The first-order valence-corrected chi connectivity index (χ1v) is 7.27. The minimum absolute atomic E-state index is 0.185. The first-order chi connectivity index (χ1) is 6.35. The largest absolute Gasteiger partial charge is 0.393 e. The second-order valence-corrected chi connectivity index (χ2v) is 6.43. The maximum atomic E-state index is 10.8. The molecule has 0 saturated heterocycles. The SMILES string of the molecule is CCC(C)CC(O)CCCS(C)(=O)=O. The Hall–Kier alpha value is -0.0900. The highest BCUT2D eigenvalue weighted by Gasteiger charge is 2.10. The molecule has 0 aliphatic rings. The molecule has 0 aromatic rings. The smallest absolute Gasteiger partial charge is 0.147 e. The molecule has 0 aromatic carbocycles. The summed E-state index contributed by atoms with van der Waals surface area (Å²) < 4.78 is 21.6. The molecule has 0 amide bonds. The van der Waals surface area contributed by atoms with Crippen LogP contribution in [0.25, 0.3) is 0 Å². The van der Waals surface area contributed by atoms with E-state index >= 15 is 0 Å². The molecule has 4 heteroatoms. The maximum Gasteiger partial charge on any atom is 0.147 e. The van der Waals surface area contributed by atoms with Crippen molar-refractivity contribution in [1.29, 1.82) is 0 Å². The number of sulfone groups is 1. The zero-order valence-electron chi connectivity index (χ0n) is 9.36. The molecule has 0 aliphatic heterocycles. The van der Waals surface area contributed by atoms with Crippen molar-refractivity contribution in [2.75, 3.05) is 12.0 Å². The van der Waals surface area contributed by atoms with Gasteiger partial charge in [-0.1, -0.05) is 20.3 Å². The molecule has 1 N–H and O–H groups in total. The van der Waals surface area contributed by atoms with E-state index in [1.807, 2.05) is 0 Å². The van der Waals surface area contributed by atoms with Crippen LogP contribution < -0.4 is 0 Å². The highest BCUT2D eigenvalue weighted by molar-refractivity contribution is 7.90. The Morgan fingerprint density at radius 3 is 2.36 bits per heavy atom. The van der Waals surface area contributed by atoms with Crippen LogP contribution in [-0.2, 0) is 9.84 Å². The number of rotatable bonds is 7. The Bertz CT molecular complexity index is 234.